The molecule has 0 amide bonds. The number of aliphatic hydroxyl groups excluding tert-OH is 1. The van der Waals surface area contributed by atoms with Gasteiger partial charge >= 0.3 is 0 Å². The standard InChI is InChI=1S/C26H26N6O3/c1-16-11-19(32-10-9-27-15-32)13-21-24(16)31-25(30-21)23-20(7-8-28-26(23)34)29-18(14-33)12-17-5-3-4-6-22(17)35-2/h3-11,13,15,18,33H,12,14H2,1-2H3,(H,30,31)(H2,28,29,34)/t18-/m0/s1. The second-order valence-corrected chi connectivity index (χ2v) is 8.35. The second kappa shape index (κ2) is 9.47. The summed E-state index contributed by atoms with van der Waals surface area (Å²) in [7, 11) is 1.62. The first kappa shape index (κ1) is 22.4. The van der Waals surface area contributed by atoms with E-state index in [4.69, 9.17) is 9.72 Å². The van der Waals surface area contributed by atoms with Crippen LogP contribution >= 0.6 is 0 Å². The maximum atomic E-state index is 12.9. The molecular formula is C26H26N6O3. The van der Waals surface area contributed by atoms with Crippen LogP contribution in [0.1, 0.15) is 11.1 Å². The zero-order valence-corrected chi connectivity index (χ0v) is 19.4. The number of benzene rings is 2. The Morgan fingerprint density at radius 3 is 2.86 bits per heavy atom. The van der Waals surface area contributed by atoms with Crippen LogP contribution in [-0.4, -0.2) is 49.4 Å². The minimum absolute atomic E-state index is 0.127. The van der Waals surface area contributed by atoms with Crippen molar-refractivity contribution in [1.82, 2.24) is 24.5 Å². The second-order valence-electron chi connectivity index (χ2n) is 8.35. The lowest BCUT2D eigenvalue weighted by Crippen LogP contribution is -2.28. The predicted molar refractivity (Wildman–Crippen MR) is 135 cm³/mol. The third-order valence-electron chi connectivity index (χ3n) is 6.00. The highest BCUT2D eigenvalue weighted by Crippen LogP contribution is 2.28. The first-order valence-electron chi connectivity index (χ1n) is 11.3. The molecule has 0 aliphatic rings. The van der Waals surface area contributed by atoms with E-state index in [1.807, 2.05) is 54.1 Å². The van der Waals surface area contributed by atoms with Crippen LogP contribution in [0.25, 0.3) is 28.1 Å². The zero-order valence-electron chi connectivity index (χ0n) is 19.4. The first-order chi connectivity index (χ1) is 17.1. The number of aliphatic hydroxyl groups is 1. The fraction of sp³-hybridized carbons (Fsp3) is 0.192. The minimum Gasteiger partial charge on any atom is -0.496 e. The summed E-state index contributed by atoms with van der Waals surface area (Å²) in [4.78, 5) is 27.8. The van der Waals surface area contributed by atoms with Gasteiger partial charge in [-0.15, -0.1) is 0 Å². The molecule has 0 spiro atoms. The van der Waals surface area contributed by atoms with E-state index in [2.05, 4.69) is 20.3 Å². The van der Waals surface area contributed by atoms with Gasteiger partial charge in [-0.3, -0.25) is 4.79 Å². The van der Waals surface area contributed by atoms with Crippen molar-refractivity contribution < 1.29 is 9.84 Å². The number of methoxy groups -OCH3 is 1. The maximum absolute atomic E-state index is 12.9. The molecule has 0 unspecified atom stereocenters. The molecule has 2 aromatic carbocycles. The Bertz CT molecular complexity index is 1520. The van der Waals surface area contributed by atoms with Crippen LogP contribution in [0.4, 0.5) is 5.69 Å². The highest BCUT2D eigenvalue weighted by Gasteiger charge is 2.19. The van der Waals surface area contributed by atoms with Gasteiger partial charge in [0.05, 0.1) is 42.8 Å². The molecule has 178 valence electrons. The number of aromatic nitrogens is 5. The Labute approximate surface area is 201 Å². The molecule has 3 heterocycles. The summed E-state index contributed by atoms with van der Waals surface area (Å²) in [5.41, 5.74) is 5.14. The molecule has 5 rings (SSSR count). The summed E-state index contributed by atoms with van der Waals surface area (Å²) in [6.45, 7) is 1.86. The number of nitrogens with one attached hydrogen (secondary N) is 3. The SMILES string of the molecule is COc1ccccc1C[C@@H](CO)Nc1cc[nH]c(=O)c1-c1nc2c(C)cc(-n3ccnc3)cc2[nH]1. The number of aromatic amines is 2. The highest BCUT2D eigenvalue weighted by molar-refractivity contribution is 5.86. The molecule has 9 nitrogen and oxygen atoms in total. The smallest absolute Gasteiger partial charge is 0.261 e. The van der Waals surface area contributed by atoms with E-state index >= 15 is 0 Å². The molecule has 3 aromatic heterocycles. The molecule has 0 saturated carbocycles. The van der Waals surface area contributed by atoms with Gasteiger partial charge in [-0.05, 0) is 48.7 Å². The van der Waals surface area contributed by atoms with Crippen molar-refractivity contribution in [2.24, 2.45) is 0 Å². The Morgan fingerprint density at radius 2 is 2.09 bits per heavy atom. The Kier molecular flexibility index (Phi) is 6.07. The first-order valence-corrected chi connectivity index (χ1v) is 11.3. The van der Waals surface area contributed by atoms with Crippen LogP contribution in [0.2, 0.25) is 0 Å². The Balaban J connectivity index is 1.52. The fourth-order valence-electron chi connectivity index (χ4n) is 4.30. The molecular weight excluding hydrogens is 444 g/mol. The topological polar surface area (TPSA) is 121 Å². The molecule has 35 heavy (non-hydrogen) atoms. The average molecular weight is 471 g/mol. The molecule has 0 saturated heterocycles. The lowest BCUT2D eigenvalue weighted by Gasteiger charge is -2.20. The van der Waals surface area contributed by atoms with Crippen LogP contribution in [0.15, 0.2) is 72.2 Å². The van der Waals surface area contributed by atoms with Crippen molar-refractivity contribution in [2.45, 2.75) is 19.4 Å². The van der Waals surface area contributed by atoms with Crippen LogP contribution in [0.5, 0.6) is 5.75 Å². The number of fused-ring (bicyclic) bond motifs is 1. The van der Waals surface area contributed by atoms with E-state index in [-0.39, 0.29) is 18.2 Å². The van der Waals surface area contributed by atoms with Gasteiger partial charge < -0.3 is 29.7 Å². The maximum Gasteiger partial charge on any atom is 0.261 e. The molecule has 0 aliphatic carbocycles. The van der Waals surface area contributed by atoms with Crippen molar-refractivity contribution in [1.29, 1.82) is 0 Å². The van der Waals surface area contributed by atoms with Gasteiger partial charge in [0.25, 0.3) is 5.56 Å². The van der Waals surface area contributed by atoms with Crippen LogP contribution in [0.3, 0.4) is 0 Å². The summed E-state index contributed by atoms with van der Waals surface area (Å²) in [5, 5.41) is 13.4. The van der Waals surface area contributed by atoms with Gasteiger partial charge in [-0.25, -0.2) is 9.97 Å². The van der Waals surface area contributed by atoms with Crippen LogP contribution < -0.4 is 15.6 Å². The number of nitrogens with zero attached hydrogens (tertiary/aromatic N) is 3. The third-order valence-corrected chi connectivity index (χ3v) is 6.00. The van der Waals surface area contributed by atoms with Gasteiger partial charge in [0, 0.05) is 24.3 Å². The number of anilines is 1. The molecule has 0 aliphatic heterocycles. The average Bonchev–Trinajstić information content (AvgIpc) is 3.54. The number of aryl methyl sites for hydroxylation is 1. The van der Waals surface area contributed by atoms with Gasteiger partial charge in [0.2, 0.25) is 0 Å². The van der Waals surface area contributed by atoms with E-state index < -0.39 is 0 Å². The molecule has 0 radical (unpaired) electrons. The predicted octanol–water partition coefficient (Wildman–Crippen LogP) is 3.44. The van der Waals surface area contributed by atoms with Gasteiger partial charge in [0.15, 0.2) is 0 Å². The van der Waals surface area contributed by atoms with Crippen molar-refractivity contribution in [3.8, 4) is 22.8 Å². The number of imidazole rings is 2. The van der Waals surface area contributed by atoms with E-state index in [1.165, 1.54) is 0 Å². The summed E-state index contributed by atoms with van der Waals surface area (Å²) < 4.78 is 7.36. The van der Waals surface area contributed by atoms with Crippen molar-refractivity contribution in [2.75, 3.05) is 19.0 Å². The minimum atomic E-state index is -0.342. The quantitative estimate of drug-likeness (QED) is 0.276. The normalized spacial score (nSPS) is 12.1. The van der Waals surface area contributed by atoms with E-state index in [9.17, 15) is 9.90 Å². The van der Waals surface area contributed by atoms with Crippen LogP contribution in [-0.2, 0) is 6.42 Å². The summed E-state index contributed by atoms with van der Waals surface area (Å²) in [5.74, 6) is 1.20. The van der Waals surface area contributed by atoms with Crippen molar-refractivity contribution in [3.05, 3.63) is 88.9 Å². The molecule has 4 N–H and O–H groups in total. The number of pyridine rings is 1. The Hall–Kier alpha value is -4.37. The molecule has 0 fully saturated rings. The van der Waals surface area contributed by atoms with Gasteiger partial charge in [0.1, 0.15) is 17.1 Å². The number of hydrogen-bond donors (Lipinski definition) is 4. The number of H-pyrrole nitrogens is 2. The van der Waals surface area contributed by atoms with Gasteiger partial charge in [-0.2, -0.15) is 0 Å². The largest absolute Gasteiger partial charge is 0.496 e. The van der Waals surface area contributed by atoms with Crippen LogP contribution in [0, 0.1) is 6.92 Å². The summed E-state index contributed by atoms with van der Waals surface area (Å²) in [6, 6.07) is 13.1. The third kappa shape index (κ3) is 4.41. The molecule has 1 atom stereocenters. The zero-order chi connectivity index (χ0) is 24.4. The fourth-order valence-corrected chi connectivity index (χ4v) is 4.30. The van der Waals surface area contributed by atoms with E-state index in [0.29, 0.717) is 23.5 Å². The number of para-hydroxylation sites is 1. The number of hydrogen-bond acceptors (Lipinski definition) is 6. The highest BCUT2D eigenvalue weighted by atomic mass is 16.5. The summed E-state index contributed by atoms with van der Waals surface area (Å²) >= 11 is 0. The van der Waals surface area contributed by atoms with Crippen molar-refractivity contribution in [3.63, 3.8) is 0 Å². The Morgan fingerprint density at radius 1 is 1.23 bits per heavy atom. The van der Waals surface area contributed by atoms with Crippen molar-refractivity contribution >= 4 is 16.7 Å². The van der Waals surface area contributed by atoms with E-state index in [0.717, 1.165) is 33.6 Å². The molecule has 0 bridgehead atoms. The number of ether oxygens (including phenoxy) is 1. The summed E-state index contributed by atoms with van der Waals surface area (Å²) in [6.07, 6.45) is 7.43. The van der Waals surface area contributed by atoms with E-state index in [1.54, 1.807) is 31.9 Å². The number of rotatable bonds is 8. The lowest BCUT2D eigenvalue weighted by atomic mass is 10.0. The molecule has 9 heteroatoms. The monoisotopic (exact) mass is 470 g/mol. The lowest BCUT2D eigenvalue weighted by molar-refractivity contribution is 0.273. The molecule has 5 aromatic rings. The van der Waals surface area contributed by atoms with Gasteiger partial charge in [-0.1, -0.05) is 18.2 Å².